The van der Waals surface area contributed by atoms with Crippen LogP contribution < -0.4 is 9.74 Å². The van der Waals surface area contributed by atoms with Gasteiger partial charge in [0.15, 0.2) is 0 Å². The van der Waals surface area contributed by atoms with Crippen LogP contribution >= 0.6 is 27.3 Å². The Morgan fingerprint density at radius 3 is 2.87 bits per heavy atom. The Morgan fingerprint density at radius 1 is 1.16 bits per heavy atom. The Bertz CT molecular complexity index is 1220. The summed E-state index contributed by atoms with van der Waals surface area (Å²) in [5, 5.41) is 9.10. The second-order valence-corrected chi connectivity index (χ2v) is 9.63. The van der Waals surface area contributed by atoms with Gasteiger partial charge in [-0.3, -0.25) is 4.79 Å². The summed E-state index contributed by atoms with van der Waals surface area (Å²) in [4.78, 5) is 33.6. The van der Waals surface area contributed by atoms with E-state index in [9.17, 15) is 4.79 Å². The molecule has 1 aromatic carbocycles. The fraction of sp³-hybridized carbons (Fsp3) is 0.350. The van der Waals surface area contributed by atoms with E-state index in [4.69, 9.17) is 4.84 Å². The Kier molecular flexibility index (Phi) is 5.68. The molecule has 0 radical (unpaired) electrons. The molecule has 0 aliphatic carbocycles. The van der Waals surface area contributed by atoms with Crippen molar-refractivity contribution in [2.45, 2.75) is 12.8 Å². The van der Waals surface area contributed by atoms with E-state index >= 15 is 0 Å². The lowest BCUT2D eigenvalue weighted by molar-refractivity contribution is -0.131. The number of rotatable bonds is 6. The van der Waals surface area contributed by atoms with E-state index in [0.717, 1.165) is 43.9 Å². The number of halogens is 1. The van der Waals surface area contributed by atoms with Crippen molar-refractivity contribution >= 4 is 60.2 Å². The van der Waals surface area contributed by atoms with Crippen molar-refractivity contribution in [3.05, 3.63) is 40.4 Å². The molecule has 0 N–H and O–H groups in total. The third-order valence-electron chi connectivity index (χ3n) is 5.28. The van der Waals surface area contributed by atoms with Gasteiger partial charge in [-0.25, -0.2) is 9.97 Å². The fourth-order valence-electron chi connectivity index (χ4n) is 3.71. The van der Waals surface area contributed by atoms with E-state index in [0.29, 0.717) is 32.5 Å². The average Bonchev–Trinajstić information content (AvgIpc) is 3.39. The lowest BCUT2D eigenvalue weighted by Gasteiger charge is -2.35. The Morgan fingerprint density at radius 2 is 2.00 bits per heavy atom. The molecule has 0 bridgehead atoms. The molecule has 4 heterocycles. The number of amides is 1. The first kappa shape index (κ1) is 20.1. The number of anilines is 1. The highest BCUT2D eigenvalue weighted by Crippen LogP contribution is 2.33. The van der Waals surface area contributed by atoms with Gasteiger partial charge in [-0.1, -0.05) is 17.0 Å². The van der Waals surface area contributed by atoms with Crippen molar-refractivity contribution in [3.63, 3.8) is 0 Å². The molecule has 9 nitrogen and oxygen atoms in total. The molecule has 4 aromatic rings. The van der Waals surface area contributed by atoms with Gasteiger partial charge in [0.25, 0.3) is 0 Å². The van der Waals surface area contributed by atoms with Crippen molar-refractivity contribution in [1.29, 1.82) is 0 Å². The van der Waals surface area contributed by atoms with Crippen LogP contribution in [0.5, 0.6) is 0 Å². The molecular weight excluding hydrogens is 482 g/mol. The summed E-state index contributed by atoms with van der Waals surface area (Å²) in [5.41, 5.74) is 1.61. The molecular formula is C20H20BrN7O2S. The molecule has 1 amide bonds. The van der Waals surface area contributed by atoms with E-state index in [1.165, 1.54) is 4.85 Å². The van der Waals surface area contributed by atoms with Gasteiger partial charge in [0, 0.05) is 32.6 Å². The van der Waals surface area contributed by atoms with Crippen LogP contribution in [0.15, 0.2) is 40.4 Å². The number of benzene rings is 1. The minimum absolute atomic E-state index is 0.151. The zero-order valence-corrected chi connectivity index (χ0v) is 19.0. The maximum Gasteiger partial charge on any atom is 0.222 e. The fourth-order valence-corrected chi connectivity index (χ4v) is 5.12. The van der Waals surface area contributed by atoms with E-state index in [1.54, 1.807) is 17.7 Å². The normalized spacial score (nSPS) is 14.5. The molecule has 1 saturated heterocycles. The molecule has 11 heteroatoms. The quantitative estimate of drug-likeness (QED) is 0.375. The van der Waals surface area contributed by atoms with Crippen LogP contribution in [-0.2, 0) is 4.79 Å². The zero-order valence-electron chi connectivity index (χ0n) is 16.6. The summed E-state index contributed by atoms with van der Waals surface area (Å²) in [6.07, 6.45) is 2.68. The Labute approximate surface area is 190 Å². The van der Waals surface area contributed by atoms with Crippen LogP contribution in [0.4, 0.5) is 5.82 Å². The average molecular weight is 502 g/mol. The summed E-state index contributed by atoms with van der Waals surface area (Å²) in [5.74, 6) is 1.09. The van der Waals surface area contributed by atoms with E-state index < -0.39 is 0 Å². The van der Waals surface area contributed by atoms with Gasteiger partial charge in [0.2, 0.25) is 5.91 Å². The largest absolute Gasteiger partial charge is 0.395 e. The van der Waals surface area contributed by atoms with Crippen LogP contribution in [-0.4, -0.2) is 68.7 Å². The van der Waals surface area contributed by atoms with Crippen molar-refractivity contribution in [2.24, 2.45) is 0 Å². The van der Waals surface area contributed by atoms with Crippen LogP contribution in [0.2, 0.25) is 0 Å². The van der Waals surface area contributed by atoms with Gasteiger partial charge in [0.1, 0.15) is 34.6 Å². The first-order valence-electron chi connectivity index (χ1n) is 10.1. The second-order valence-electron chi connectivity index (χ2n) is 7.22. The number of hydrogen-bond acceptors (Lipinski definition) is 8. The van der Waals surface area contributed by atoms with Gasteiger partial charge in [0.05, 0.1) is 9.17 Å². The minimum atomic E-state index is 0.151. The number of thiophene rings is 1. The molecule has 160 valence electrons. The SMILES string of the molecule is O=C(CCCOn1nnc2ccccc21)N1CCN(c2ncnc3sc(Br)cc23)CC1. The van der Waals surface area contributed by atoms with Gasteiger partial charge in [-0.2, -0.15) is 0 Å². The zero-order chi connectivity index (χ0) is 21.2. The third kappa shape index (κ3) is 4.19. The minimum Gasteiger partial charge on any atom is -0.395 e. The summed E-state index contributed by atoms with van der Waals surface area (Å²) in [6, 6.07) is 9.67. The van der Waals surface area contributed by atoms with E-state index in [-0.39, 0.29) is 5.91 Å². The highest BCUT2D eigenvalue weighted by atomic mass is 79.9. The number of carbonyl (C=O) groups excluding carboxylic acids is 1. The van der Waals surface area contributed by atoms with Gasteiger partial charge < -0.3 is 14.6 Å². The molecule has 0 spiro atoms. The summed E-state index contributed by atoms with van der Waals surface area (Å²) >= 11 is 5.12. The van der Waals surface area contributed by atoms with E-state index in [1.807, 2.05) is 29.2 Å². The molecule has 1 aliphatic heterocycles. The van der Waals surface area contributed by atoms with Gasteiger partial charge in [-0.15, -0.1) is 16.4 Å². The van der Waals surface area contributed by atoms with Gasteiger partial charge >= 0.3 is 0 Å². The number of hydrogen-bond donors (Lipinski definition) is 0. The summed E-state index contributed by atoms with van der Waals surface area (Å²) < 4.78 is 1.04. The maximum absolute atomic E-state index is 12.6. The third-order valence-corrected chi connectivity index (χ3v) is 6.83. The van der Waals surface area contributed by atoms with Crippen LogP contribution in [0.25, 0.3) is 21.3 Å². The predicted octanol–water partition coefficient (Wildman–Crippen LogP) is 2.76. The highest BCUT2D eigenvalue weighted by molar-refractivity contribution is 9.11. The van der Waals surface area contributed by atoms with Crippen LogP contribution in [0, 0.1) is 0 Å². The molecule has 1 aliphatic rings. The molecule has 1 fully saturated rings. The number of piperazine rings is 1. The van der Waals surface area contributed by atoms with Crippen LogP contribution in [0.1, 0.15) is 12.8 Å². The Hall–Kier alpha value is -2.79. The Balaban J connectivity index is 1.11. The van der Waals surface area contributed by atoms with Gasteiger partial charge in [-0.05, 0) is 45.8 Å². The topological polar surface area (TPSA) is 89.3 Å². The highest BCUT2D eigenvalue weighted by Gasteiger charge is 2.23. The van der Waals surface area contributed by atoms with Crippen molar-refractivity contribution in [1.82, 2.24) is 30.0 Å². The van der Waals surface area contributed by atoms with Crippen molar-refractivity contribution in [3.8, 4) is 0 Å². The number of fused-ring (bicyclic) bond motifs is 2. The lowest BCUT2D eigenvalue weighted by Crippen LogP contribution is -2.49. The maximum atomic E-state index is 12.6. The smallest absolute Gasteiger partial charge is 0.222 e. The molecule has 31 heavy (non-hydrogen) atoms. The first-order valence-corrected chi connectivity index (χ1v) is 11.7. The molecule has 0 saturated carbocycles. The monoisotopic (exact) mass is 501 g/mol. The molecule has 0 unspecified atom stereocenters. The number of para-hydroxylation sites is 1. The van der Waals surface area contributed by atoms with Crippen molar-refractivity contribution in [2.75, 3.05) is 37.7 Å². The first-order chi connectivity index (χ1) is 15.2. The van der Waals surface area contributed by atoms with Crippen molar-refractivity contribution < 1.29 is 9.63 Å². The lowest BCUT2D eigenvalue weighted by atomic mass is 10.2. The summed E-state index contributed by atoms with van der Waals surface area (Å²) in [6.45, 7) is 3.29. The van der Waals surface area contributed by atoms with Crippen LogP contribution in [0.3, 0.4) is 0 Å². The standard InChI is InChI=1S/C20H20BrN7O2S/c21-17-12-14-19(22-13-23-20(14)31-17)27-9-7-26(8-10-27)18(29)6-3-11-30-28-16-5-2-1-4-15(16)24-25-28/h1-2,4-5,12-13H,3,6-11H2. The van der Waals surface area contributed by atoms with E-state index in [2.05, 4.69) is 47.2 Å². The molecule has 0 atom stereocenters. The molecule has 3 aromatic heterocycles. The number of nitrogens with zero attached hydrogens (tertiary/aromatic N) is 7. The summed E-state index contributed by atoms with van der Waals surface area (Å²) in [7, 11) is 0. The molecule has 5 rings (SSSR count). The second kappa shape index (κ2) is 8.75. The number of aromatic nitrogens is 5. The number of carbonyl (C=O) groups is 1. The predicted molar refractivity (Wildman–Crippen MR) is 122 cm³/mol.